The number of ketones is 2. The number of hydrogen-bond acceptors (Lipinski definition) is 11. The number of rotatable bonds is 7. The number of nitriles is 1. The zero-order valence-corrected chi connectivity index (χ0v) is 22.1. The Morgan fingerprint density at radius 1 is 0.929 bits per heavy atom. The van der Waals surface area contributed by atoms with Crippen LogP contribution in [0.2, 0.25) is 0 Å². The van der Waals surface area contributed by atoms with E-state index in [2.05, 4.69) is 45.2 Å². The summed E-state index contributed by atoms with van der Waals surface area (Å²) in [5.74, 6) is -1.10. The van der Waals surface area contributed by atoms with E-state index in [0.717, 1.165) is 5.69 Å². The quantitative estimate of drug-likeness (QED) is 0.188. The monoisotopic (exact) mass is 557 g/mol. The van der Waals surface area contributed by atoms with Gasteiger partial charge in [0.2, 0.25) is 11.6 Å². The Balaban J connectivity index is 1.53. The average Bonchev–Trinajstić information content (AvgIpc) is 3.75. The predicted molar refractivity (Wildman–Crippen MR) is 147 cm³/mol. The van der Waals surface area contributed by atoms with E-state index in [1.54, 1.807) is 44.3 Å². The van der Waals surface area contributed by atoms with Crippen LogP contribution in [0.3, 0.4) is 0 Å². The number of azo groups is 1. The molecule has 204 valence electrons. The molecule has 0 atom stereocenters. The number of benzene rings is 2. The summed E-state index contributed by atoms with van der Waals surface area (Å²) in [6, 6.07) is 9.79. The Labute approximate surface area is 236 Å². The van der Waals surface area contributed by atoms with Crippen LogP contribution in [0.15, 0.2) is 71.5 Å². The molecule has 0 saturated heterocycles. The van der Waals surface area contributed by atoms with E-state index in [1.165, 1.54) is 35.5 Å². The first-order chi connectivity index (χ1) is 20.3. The van der Waals surface area contributed by atoms with Crippen molar-refractivity contribution < 1.29 is 14.7 Å². The third-order valence-corrected chi connectivity index (χ3v) is 6.28. The van der Waals surface area contributed by atoms with Gasteiger partial charge in [-0.3, -0.25) is 9.59 Å². The van der Waals surface area contributed by atoms with Crippen LogP contribution in [0.1, 0.15) is 49.3 Å². The van der Waals surface area contributed by atoms with Crippen molar-refractivity contribution in [1.82, 2.24) is 39.7 Å². The number of H-pyrrole nitrogens is 2. The van der Waals surface area contributed by atoms with Crippen LogP contribution in [0.5, 0.6) is 5.75 Å². The molecular formula is C28H19N11O3. The highest BCUT2D eigenvalue weighted by Crippen LogP contribution is 2.41. The van der Waals surface area contributed by atoms with Crippen molar-refractivity contribution in [3.63, 3.8) is 0 Å². The number of aromatic nitrogens is 8. The lowest BCUT2D eigenvalue weighted by Crippen LogP contribution is -2.06. The number of hydrogen-bond donors (Lipinski definition) is 3. The van der Waals surface area contributed by atoms with E-state index >= 15 is 0 Å². The standard InChI is InChI=1S/C28H19N11O3/c1-14-11-32-25(35-14)22(40)16-4-5-19-17(8-16)9-20(24(42)26-33-12-15(2)36-26)23(41)21(19)37-38-27-18(10-29)13-34-39(27)28-30-6-3-7-31-28/h3-9,11-13,41H,1-2H3,(H,32,35)(H,33,36). The van der Waals surface area contributed by atoms with Gasteiger partial charge in [0, 0.05) is 47.1 Å². The van der Waals surface area contributed by atoms with Gasteiger partial charge in [-0.25, -0.2) is 19.9 Å². The van der Waals surface area contributed by atoms with Crippen molar-refractivity contribution in [3.05, 3.63) is 101 Å². The van der Waals surface area contributed by atoms with Gasteiger partial charge in [0.15, 0.2) is 23.2 Å². The molecule has 6 rings (SSSR count). The summed E-state index contributed by atoms with van der Waals surface area (Å²) in [6.45, 7) is 3.52. The summed E-state index contributed by atoms with van der Waals surface area (Å²) in [6.07, 6.45) is 7.34. The second-order valence-electron chi connectivity index (χ2n) is 9.20. The maximum absolute atomic E-state index is 13.4. The minimum Gasteiger partial charge on any atom is -0.505 e. The van der Waals surface area contributed by atoms with Crippen LogP contribution in [0, 0.1) is 25.2 Å². The molecule has 14 heteroatoms. The number of fused-ring (bicyclic) bond motifs is 1. The molecule has 0 bridgehead atoms. The molecule has 4 heterocycles. The summed E-state index contributed by atoms with van der Waals surface area (Å²) in [4.78, 5) is 48.8. The van der Waals surface area contributed by atoms with Crippen LogP contribution in [0.25, 0.3) is 16.7 Å². The summed E-state index contributed by atoms with van der Waals surface area (Å²) in [5, 5.41) is 34.4. The summed E-state index contributed by atoms with van der Waals surface area (Å²) in [5.41, 5.74) is 1.56. The van der Waals surface area contributed by atoms with Crippen LogP contribution in [0.4, 0.5) is 11.5 Å². The fourth-order valence-corrected chi connectivity index (χ4v) is 4.27. The van der Waals surface area contributed by atoms with Crippen molar-refractivity contribution in [2.45, 2.75) is 13.8 Å². The van der Waals surface area contributed by atoms with Crippen LogP contribution < -0.4 is 0 Å². The highest BCUT2D eigenvalue weighted by molar-refractivity contribution is 6.15. The second-order valence-corrected chi connectivity index (χ2v) is 9.20. The second kappa shape index (κ2) is 10.3. The first-order valence-electron chi connectivity index (χ1n) is 12.4. The summed E-state index contributed by atoms with van der Waals surface area (Å²) in [7, 11) is 0. The van der Waals surface area contributed by atoms with Crippen LogP contribution in [-0.4, -0.2) is 56.4 Å². The molecule has 14 nitrogen and oxygen atoms in total. The van der Waals surface area contributed by atoms with E-state index in [0.29, 0.717) is 22.0 Å². The minimum absolute atomic E-state index is 0.00870. The van der Waals surface area contributed by atoms with E-state index in [-0.39, 0.29) is 46.0 Å². The number of carbonyl (C=O) groups is 2. The normalized spacial score (nSPS) is 11.3. The van der Waals surface area contributed by atoms with Crippen molar-refractivity contribution in [3.8, 4) is 17.8 Å². The maximum Gasteiger partial charge on any atom is 0.252 e. The van der Waals surface area contributed by atoms with E-state index in [1.807, 2.05) is 6.07 Å². The largest absolute Gasteiger partial charge is 0.505 e. The SMILES string of the molecule is Cc1cnc(C(=O)c2ccc3c(N=Nc4c(C#N)cnn4-c4ncccn4)c(O)c(C(=O)c4ncc(C)[nH]4)cc3c2)[nH]1. The van der Waals surface area contributed by atoms with Gasteiger partial charge in [-0.1, -0.05) is 12.1 Å². The van der Waals surface area contributed by atoms with Crippen molar-refractivity contribution in [1.29, 1.82) is 5.26 Å². The zero-order valence-electron chi connectivity index (χ0n) is 22.1. The number of carbonyl (C=O) groups excluding carboxylic acids is 2. The van der Waals surface area contributed by atoms with Gasteiger partial charge < -0.3 is 15.1 Å². The van der Waals surface area contributed by atoms with Crippen molar-refractivity contribution in [2.75, 3.05) is 0 Å². The number of aryl methyl sites for hydroxylation is 2. The molecule has 42 heavy (non-hydrogen) atoms. The molecule has 2 aromatic carbocycles. The van der Waals surface area contributed by atoms with Crippen LogP contribution >= 0.6 is 0 Å². The molecule has 6 aromatic rings. The first kappa shape index (κ1) is 25.9. The van der Waals surface area contributed by atoms with Gasteiger partial charge in [-0.05, 0) is 37.4 Å². The number of nitrogens with zero attached hydrogens (tertiary/aromatic N) is 9. The van der Waals surface area contributed by atoms with Crippen molar-refractivity contribution >= 4 is 33.8 Å². The van der Waals surface area contributed by atoms with Gasteiger partial charge in [0.05, 0.1) is 11.8 Å². The Morgan fingerprint density at radius 3 is 2.26 bits per heavy atom. The van der Waals surface area contributed by atoms with Gasteiger partial charge in [0.1, 0.15) is 17.3 Å². The number of nitrogens with one attached hydrogen (secondary N) is 2. The highest BCUT2D eigenvalue weighted by atomic mass is 16.3. The lowest BCUT2D eigenvalue weighted by atomic mass is 9.97. The Kier molecular flexibility index (Phi) is 6.36. The molecule has 4 aromatic heterocycles. The minimum atomic E-state index is -0.599. The molecule has 0 aliphatic heterocycles. The number of phenolic OH excluding ortho intramolecular Hbond substituents is 1. The smallest absolute Gasteiger partial charge is 0.252 e. The van der Waals surface area contributed by atoms with Crippen LogP contribution in [-0.2, 0) is 0 Å². The predicted octanol–water partition coefficient (Wildman–Crippen LogP) is 4.33. The first-order valence-corrected chi connectivity index (χ1v) is 12.4. The highest BCUT2D eigenvalue weighted by Gasteiger charge is 2.23. The van der Waals surface area contributed by atoms with Gasteiger partial charge in [-0.2, -0.15) is 15.0 Å². The molecule has 0 saturated carbocycles. The van der Waals surface area contributed by atoms with E-state index < -0.39 is 11.5 Å². The lowest BCUT2D eigenvalue weighted by molar-refractivity contribution is 0.102. The van der Waals surface area contributed by atoms with Crippen molar-refractivity contribution in [2.24, 2.45) is 10.2 Å². The Morgan fingerprint density at radius 2 is 1.62 bits per heavy atom. The fraction of sp³-hybridized carbons (Fsp3) is 0.0714. The maximum atomic E-state index is 13.4. The molecule has 0 amide bonds. The third-order valence-electron chi connectivity index (χ3n) is 6.28. The van der Waals surface area contributed by atoms with E-state index in [9.17, 15) is 20.0 Å². The molecule has 3 N–H and O–H groups in total. The fourth-order valence-electron chi connectivity index (χ4n) is 4.27. The molecule has 0 aliphatic carbocycles. The number of phenols is 1. The summed E-state index contributed by atoms with van der Waals surface area (Å²) >= 11 is 0. The molecule has 0 radical (unpaired) electrons. The average molecular weight is 558 g/mol. The topological polar surface area (TPSA) is 204 Å². The third kappa shape index (κ3) is 4.56. The van der Waals surface area contributed by atoms with Gasteiger partial charge in [0.25, 0.3) is 5.95 Å². The number of aromatic amines is 2. The summed E-state index contributed by atoms with van der Waals surface area (Å²) < 4.78 is 1.23. The lowest BCUT2D eigenvalue weighted by Gasteiger charge is -2.10. The van der Waals surface area contributed by atoms with Gasteiger partial charge in [-0.15, -0.1) is 10.2 Å². The van der Waals surface area contributed by atoms with Gasteiger partial charge >= 0.3 is 0 Å². The molecule has 0 fully saturated rings. The molecule has 0 spiro atoms. The molecule has 0 aliphatic rings. The number of aromatic hydroxyl groups is 1. The molecular weight excluding hydrogens is 538 g/mol. The zero-order chi connectivity index (χ0) is 29.4. The Bertz CT molecular complexity index is 2080. The molecule has 0 unspecified atom stereocenters. The number of imidazole rings is 2. The van der Waals surface area contributed by atoms with E-state index in [4.69, 9.17) is 0 Å². The Hall–Kier alpha value is -6.36.